The van der Waals surface area contributed by atoms with Crippen LogP contribution >= 0.6 is 0 Å². The number of hydrogen-bond donors (Lipinski definition) is 3. The normalized spacial score (nSPS) is 21.8. The molecule has 0 saturated carbocycles. The second kappa shape index (κ2) is 8.72. The van der Waals surface area contributed by atoms with Gasteiger partial charge < -0.3 is 15.1 Å². The molecular formula is C23H32N4O+2. The van der Waals surface area contributed by atoms with Gasteiger partial charge in [0.2, 0.25) is 0 Å². The second-order valence-corrected chi connectivity index (χ2v) is 8.51. The number of piperazine rings is 1. The molecule has 5 heteroatoms. The number of rotatable bonds is 6. The molecule has 1 aliphatic rings. The summed E-state index contributed by atoms with van der Waals surface area (Å²) in [5.74, 6) is 0.0590. The molecule has 1 heterocycles. The minimum Gasteiger partial charge on any atom is -0.333 e. The SMILES string of the molecule is CC(C)[C@@](C)(C#N)NC(=O)C[NH+]1CC[NH+](Cc2cccc3ccccc23)CC1. The maximum atomic E-state index is 12.4. The van der Waals surface area contributed by atoms with Crippen molar-refractivity contribution >= 4 is 16.7 Å². The van der Waals surface area contributed by atoms with Crippen LogP contribution in [-0.4, -0.2) is 44.2 Å². The van der Waals surface area contributed by atoms with Crippen molar-refractivity contribution in [2.24, 2.45) is 5.92 Å². The fourth-order valence-corrected chi connectivity index (χ4v) is 3.89. The summed E-state index contributed by atoms with van der Waals surface area (Å²) < 4.78 is 0. The van der Waals surface area contributed by atoms with Gasteiger partial charge in [-0.15, -0.1) is 0 Å². The van der Waals surface area contributed by atoms with Crippen LogP contribution in [0.2, 0.25) is 0 Å². The van der Waals surface area contributed by atoms with Crippen molar-refractivity contribution in [2.45, 2.75) is 32.9 Å². The van der Waals surface area contributed by atoms with Gasteiger partial charge in [0.15, 0.2) is 6.54 Å². The van der Waals surface area contributed by atoms with Gasteiger partial charge in [0.1, 0.15) is 38.3 Å². The van der Waals surface area contributed by atoms with Crippen LogP contribution in [0.3, 0.4) is 0 Å². The number of nitrogens with zero attached hydrogens (tertiary/aromatic N) is 1. The van der Waals surface area contributed by atoms with Crippen molar-refractivity contribution in [1.29, 1.82) is 5.26 Å². The molecule has 0 aliphatic carbocycles. The van der Waals surface area contributed by atoms with Crippen LogP contribution in [0.15, 0.2) is 42.5 Å². The summed E-state index contributed by atoms with van der Waals surface area (Å²) in [6.07, 6.45) is 0. The van der Waals surface area contributed by atoms with Gasteiger partial charge in [0.25, 0.3) is 5.91 Å². The quantitative estimate of drug-likeness (QED) is 0.669. The average molecular weight is 381 g/mol. The standard InChI is InChI=1S/C23H30N4O/c1-18(2)23(3,17-24)25-22(28)16-27-13-11-26(12-14-27)15-20-9-6-8-19-7-4-5-10-21(19)20/h4-10,18H,11-16H2,1-3H3,(H,25,28)/p+2/t23-/m1/s1. The molecule has 3 N–H and O–H groups in total. The summed E-state index contributed by atoms with van der Waals surface area (Å²) in [5.41, 5.74) is 0.605. The highest BCUT2D eigenvalue weighted by molar-refractivity contribution is 5.85. The Balaban J connectivity index is 1.52. The lowest BCUT2D eigenvalue weighted by atomic mass is 9.90. The lowest BCUT2D eigenvalue weighted by molar-refractivity contribution is -1.02. The van der Waals surface area contributed by atoms with Crippen LogP contribution in [-0.2, 0) is 11.3 Å². The molecule has 1 aliphatic heterocycles. The first-order valence-electron chi connectivity index (χ1n) is 10.3. The first-order valence-corrected chi connectivity index (χ1v) is 10.3. The Labute approximate surface area is 167 Å². The zero-order valence-corrected chi connectivity index (χ0v) is 17.2. The predicted molar refractivity (Wildman–Crippen MR) is 111 cm³/mol. The van der Waals surface area contributed by atoms with Crippen molar-refractivity contribution in [3.63, 3.8) is 0 Å². The molecular weight excluding hydrogens is 348 g/mol. The van der Waals surface area contributed by atoms with E-state index in [1.807, 2.05) is 13.8 Å². The number of hydrogen-bond acceptors (Lipinski definition) is 2. The van der Waals surface area contributed by atoms with Crippen LogP contribution in [0.1, 0.15) is 26.3 Å². The highest BCUT2D eigenvalue weighted by Gasteiger charge is 2.32. The van der Waals surface area contributed by atoms with E-state index in [1.54, 1.807) is 11.8 Å². The van der Waals surface area contributed by atoms with Gasteiger partial charge in [0, 0.05) is 5.56 Å². The summed E-state index contributed by atoms with van der Waals surface area (Å²) in [6.45, 7) is 11.3. The van der Waals surface area contributed by atoms with Crippen molar-refractivity contribution < 1.29 is 14.6 Å². The molecule has 148 valence electrons. The van der Waals surface area contributed by atoms with Crippen LogP contribution < -0.4 is 15.1 Å². The smallest absolute Gasteiger partial charge is 0.276 e. The topological polar surface area (TPSA) is 61.8 Å². The minimum atomic E-state index is -0.794. The Bertz CT molecular complexity index is 859. The molecule has 0 radical (unpaired) electrons. The third-order valence-corrected chi connectivity index (χ3v) is 6.18. The number of carbonyl (C=O) groups excluding carboxylic acids is 1. The molecule has 28 heavy (non-hydrogen) atoms. The van der Waals surface area contributed by atoms with E-state index in [1.165, 1.54) is 21.2 Å². The molecule has 1 atom stereocenters. The van der Waals surface area contributed by atoms with E-state index in [9.17, 15) is 10.1 Å². The first kappa shape index (κ1) is 20.3. The third-order valence-electron chi connectivity index (χ3n) is 6.18. The average Bonchev–Trinajstić information content (AvgIpc) is 2.69. The van der Waals surface area contributed by atoms with Gasteiger partial charge in [-0.05, 0) is 23.6 Å². The van der Waals surface area contributed by atoms with Crippen LogP contribution in [0.25, 0.3) is 10.8 Å². The van der Waals surface area contributed by atoms with Crippen LogP contribution in [0.5, 0.6) is 0 Å². The van der Waals surface area contributed by atoms with Gasteiger partial charge in [-0.25, -0.2) is 0 Å². The summed E-state index contributed by atoms with van der Waals surface area (Å²) >= 11 is 0. The number of nitriles is 1. The zero-order chi connectivity index (χ0) is 20.1. The zero-order valence-electron chi connectivity index (χ0n) is 17.2. The highest BCUT2D eigenvalue weighted by atomic mass is 16.2. The Hall–Kier alpha value is -2.42. The second-order valence-electron chi connectivity index (χ2n) is 8.51. The van der Waals surface area contributed by atoms with E-state index in [0.717, 1.165) is 32.7 Å². The fraction of sp³-hybridized carbons (Fsp3) is 0.478. The molecule has 2 aromatic rings. The van der Waals surface area contributed by atoms with Gasteiger partial charge in [-0.1, -0.05) is 56.3 Å². The Morgan fingerprint density at radius 3 is 2.43 bits per heavy atom. The number of carbonyl (C=O) groups is 1. The van der Waals surface area contributed by atoms with Crippen LogP contribution in [0.4, 0.5) is 0 Å². The largest absolute Gasteiger partial charge is 0.333 e. The van der Waals surface area contributed by atoms with E-state index < -0.39 is 5.54 Å². The molecule has 1 amide bonds. The lowest BCUT2D eigenvalue weighted by Crippen LogP contribution is -3.28. The highest BCUT2D eigenvalue weighted by Crippen LogP contribution is 2.17. The summed E-state index contributed by atoms with van der Waals surface area (Å²) in [6, 6.07) is 17.4. The lowest BCUT2D eigenvalue weighted by Gasteiger charge is -2.31. The maximum Gasteiger partial charge on any atom is 0.276 e. The Morgan fingerprint density at radius 2 is 1.75 bits per heavy atom. The van der Waals surface area contributed by atoms with Crippen molar-refractivity contribution in [1.82, 2.24) is 5.32 Å². The number of fused-ring (bicyclic) bond motifs is 1. The third kappa shape index (κ3) is 4.70. The molecule has 0 aromatic heterocycles. The number of quaternary nitrogens is 2. The molecule has 1 fully saturated rings. The van der Waals surface area contributed by atoms with E-state index in [2.05, 4.69) is 53.9 Å². The summed E-state index contributed by atoms with van der Waals surface area (Å²) in [4.78, 5) is 15.3. The van der Waals surface area contributed by atoms with Crippen molar-refractivity contribution in [2.75, 3.05) is 32.7 Å². The molecule has 0 spiro atoms. The van der Waals surface area contributed by atoms with Gasteiger partial charge in [0.05, 0.1) is 6.07 Å². The van der Waals surface area contributed by atoms with E-state index >= 15 is 0 Å². The molecule has 2 aromatic carbocycles. The number of benzene rings is 2. The van der Waals surface area contributed by atoms with Crippen molar-refractivity contribution in [3.05, 3.63) is 48.0 Å². The van der Waals surface area contributed by atoms with E-state index in [4.69, 9.17) is 0 Å². The Kier molecular flexibility index (Phi) is 6.33. The molecule has 5 nitrogen and oxygen atoms in total. The summed E-state index contributed by atoms with van der Waals surface area (Å²) in [5, 5.41) is 15.0. The molecule has 0 unspecified atom stereocenters. The maximum absolute atomic E-state index is 12.4. The predicted octanol–water partition coefficient (Wildman–Crippen LogP) is 0.178. The summed E-state index contributed by atoms with van der Waals surface area (Å²) in [7, 11) is 0. The first-order chi connectivity index (χ1) is 13.4. The fourth-order valence-electron chi connectivity index (χ4n) is 3.89. The molecule has 1 saturated heterocycles. The van der Waals surface area contributed by atoms with Gasteiger partial charge in [-0.2, -0.15) is 5.26 Å². The Morgan fingerprint density at radius 1 is 1.11 bits per heavy atom. The molecule has 3 rings (SSSR count). The molecule has 0 bridgehead atoms. The van der Waals surface area contributed by atoms with Gasteiger partial charge in [-0.3, -0.25) is 4.79 Å². The number of amides is 1. The van der Waals surface area contributed by atoms with Crippen LogP contribution in [0, 0.1) is 17.2 Å². The van der Waals surface area contributed by atoms with E-state index in [0.29, 0.717) is 6.54 Å². The van der Waals surface area contributed by atoms with E-state index in [-0.39, 0.29) is 11.8 Å². The number of nitrogens with one attached hydrogen (secondary N) is 3. The van der Waals surface area contributed by atoms with Crippen molar-refractivity contribution in [3.8, 4) is 6.07 Å². The van der Waals surface area contributed by atoms with Gasteiger partial charge >= 0.3 is 0 Å². The minimum absolute atomic E-state index is 0.0229. The monoisotopic (exact) mass is 380 g/mol.